The Morgan fingerprint density at radius 3 is 2.50 bits per heavy atom. The number of halogens is 3. The van der Waals surface area contributed by atoms with E-state index < -0.39 is 6.36 Å². The molecule has 0 aliphatic carbocycles. The van der Waals surface area contributed by atoms with Gasteiger partial charge >= 0.3 is 12.3 Å². The lowest BCUT2D eigenvalue weighted by Gasteiger charge is -2.14. The minimum atomic E-state index is -4.74. The van der Waals surface area contributed by atoms with Gasteiger partial charge in [0.1, 0.15) is 5.75 Å². The van der Waals surface area contributed by atoms with Gasteiger partial charge in [-0.25, -0.2) is 0 Å². The number of esters is 1. The Balaban J connectivity index is 1.56. The van der Waals surface area contributed by atoms with E-state index in [9.17, 15) is 22.8 Å². The van der Waals surface area contributed by atoms with E-state index in [0.29, 0.717) is 12.2 Å². The summed E-state index contributed by atoms with van der Waals surface area (Å²) < 4.78 is 45.4. The number of hydrogen-bond acceptors (Lipinski definition) is 4. The quantitative estimate of drug-likeness (QED) is 0.413. The number of benzene rings is 2. The second-order valence-electron chi connectivity index (χ2n) is 7.48. The highest BCUT2D eigenvalue weighted by Gasteiger charge is 2.30. The molecule has 0 aliphatic rings. The fourth-order valence-corrected chi connectivity index (χ4v) is 3.26. The van der Waals surface area contributed by atoms with E-state index in [0.717, 1.165) is 22.0 Å². The summed E-state index contributed by atoms with van der Waals surface area (Å²) in [6.45, 7) is 2.25. The van der Waals surface area contributed by atoms with Crippen molar-refractivity contribution in [2.24, 2.45) is 0 Å². The molecule has 1 N–H and O–H groups in total. The maximum atomic E-state index is 12.6. The van der Waals surface area contributed by atoms with Crippen LogP contribution in [0.25, 0.3) is 10.9 Å². The first kappa shape index (κ1) is 24.7. The maximum absolute atomic E-state index is 12.6. The Kier molecular flexibility index (Phi) is 7.84. The van der Waals surface area contributed by atoms with E-state index in [-0.39, 0.29) is 37.0 Å². The minimum Gasteiger partial charge on any atom is -0.466 e. The molecule has 0 unspecified atom stereocenters. The van der Waals surface area contributed by atoms with Crippen LogP contribution in [0.15, 0.2) is 48.7 Å². The standard InChI is InChI=1S/C25H23F3N2O4/c1-3-33-24(32)15-19-16-29-22-13-18(8-11-21(19)22)14-23(31)30(2)12-4-5-17-6-9-20(10-7-17)34-25(26,27)28/h6-11,13,16,29H,3,12,14-15H2,1-2H3. The fourth-order valence-electron chi connectivity index (χ4n) is 3.26. The first-order chi connectivity index (χ1) is 16.1. The van der Waals surface area contributed by atoms with Gasteiger partial charge in [-0.2, -0.15) is 0 Å². The molecule has 34 heavy (non-hydrogen) atoms. The number of rotatable bonds is 7. The van der Waals surface area contributed by atoms with Gasteiger partial charge in [0.15, 0.2) is 0 Å². The van der Waals surface area contributed by atoms with Gasteiger partial charge in [-0.1, -0.05) is 24.0 Å². The molecular weight excluding hydrogens is 449 g/mol. The van der Waals surface area contributed by atoms with E-state index in [1.165, 1.54) is 29.2 Å². The third kappa shape index (κ3) is 7.04. The van der Waals surface area contributed by atoms with Crippen LogP contribution < -0.4 is 4.74 Å². The summed E-state index contributed by atoms with van der Waals surface area (Å²) in [6, 6.07) is 10.8. The summed E-state index contributed by atoms with van der Waals surface area (Å²) in [5.74, 6) is 4.90. The Morgan fingerprint density at radius 1 is 1.09 bits per heavy atom. The predicted octanol–water partition coefficient (Wildman–Crippen LogP) is 4.22. The summed E-state index contributed by atoms with van der Waals surface area (Å²) in [6.07, 6.45) is -2.64. The number of ether oxygens (including phenoxy) is 2. The summed E-state index contributed by atoms with van der Waals surface area (Å²) in [5.41, 5.74) is 2.97. The number of amides is 1. The number of hydrogen-bond donors (Lipinski definition) is 1. The van der Waals surface area contributed by atoms with Crippen LogP contribution in [0.5, 0.6) is 5.75 Å². The molecule has 0 bridgehead atoms. The average molecular weight is 472 g/mol. The minimum absolute atomic E-state index is 0.138. The van der Waals surface area contributed by atoms with Crippen LogP contribution in [-0.2, 0) is 27.2 Å². The Hall–Kier alpha value is -3.93. The molecule has 1 heterocycles. The zero-order valence-electron chi connectivity index (χ0n) is 18.7. The van der Waals surface area contributed by atoms with Crippen LogP contribution >= 0.6 is 0 Å². The molecule has 3 rings (SSSR count). The van der Waals surface area contributed by atoms with Crippen molar-refractivity contribution in [3.8, 4) is 17.6 Å². The van der Waals surface area contributed by atoms with Crippen LogP contribution in [0.2, 0.25) is 0 Å². The van der Waals surface area contributed by atoms with Crippen molar-refractivity contribution in [1.29, 1.82) is 0 Å². The van der Waals surface area contributed by atoms with Crippen LogP contribution in [0.4, 0.5) is 13.2 Å². The van der Waals surface area contributed by atoms with Gasteiger partial charge in [-0.3, -0.25) is 9.59 Å². The molecule has 0 aliphatic heterocycles. The largest absolute Gasteiger partial charge is 0.573 e. The zero-order chi connectivity index (χ0) is 24.7. The van der Waals surface area contributed by atoms with Crippen molar-refractivity contribution in [1.82, 2.24) is 9.88 Å². The lowest BCUT2D eigenvalue weighted by atomic mass is 10.1. The molecule has 2 aromatic carbocycles. The third-order valence-corrected chi connectivity index (χ3v) is 4.89. The number of alkyl halides is 3. The lowest BCUT2D eigenvalue weighted by molar-refractivity contribution is -0.274. The van der Waals surface area contributed by atoms with E-state index in [1.54, 1.807) is 20.2 Å². The molecule has 0 fully saturated rings. The highest BCUT2D eigenvalue weighted by atomic mass is 19.4. The molecule has 1 amide bonds. The Morgan fingerprint density at radius 2 is 1.82 bits per heavy atom. The molecule has 1 aromatic heterocycles. The molecule has 0 spiro atoms. The van der Waals surface area contributed by atoms with Crippen molar-refractivity contribution in [2.75, 3.05) is 20.2 Å². The first-order valence-electron chi connectivity index (χ1n) is 10.5. The van der Waals surface area contributed by atoms with Gasteiger partial charge in [0.25, 0.3) is 0 Å². The molecule has 0 saturated carbocycles. The zero-order valence-corrected chi connectivity index (χ0v) is 18.7. The van der Waals surface area contributed by atoms with Crippen molar-refractivity contribution in [2.45, 2.75) is 26.1 Å². The summed E-state index contributed by atoms with van der Waals surface area (Å²) >= 11 is 0. The molecular formula is C25H23F3N2O4. The molecule has 9 heteroatoms. The number of nitrogens with one attached hydrogen (secondary N) is 1. The van der Waals surface area contributed by atoms with Gasteiger partial charge in [0, 0.05) is 29.7 Å². The van der Waals surface area contributed by atoms with Gasteiger partial charge in [-0.15, -0.1) is 13.2 Å². The van der Waals surface area contributed by atoms with Gasteiger partial charge in [0.2, 0.25) is 5.91 Å². The smallest absolute Gasteiger partial charge is 0.466 e. The highest BCUT2D eigenvalue weighted by molar-refractivity contribution is 5.88. The molecule has 3 aromatic rings. The highest BCUT2D eigenvalue weighted by Crippen LogP contribution is 2.23. The summed E-state index contributed by atoms with van der Waals surface area (Å²) in [4.78, 5) is 28.9. The van der Waals surface area contributed by atoms with E-state index in [4.69, 9.17) is 4.74 Å². The third-order valence-electron chi connectivity index (χ3n) is 4.89. The van der Waals surface area contributed by atoms with Crippen LogP contribution in [0.3, 0.4) is 0 Å². The summed E-state index contributed by atoms with van der Waals surface area (Å²) in [7, 11) is 1.63. The SMILES string of the molecule is CCOC(=O)Cc1c[nH]c2cc(CC(=O)N(C)CC#Cc3ccc(OC(F)(F)F)cc3)ccc12. The molecule has 0 atom stereocenters. The van der Waals surface area contributed by atoms with Crippen LogP contribution in [0, 0.1) is 11.8 Å². The van der Waals surface area contributed by atoms with Gasteiger partial charge in [0.05, 0.1) is 26.0 Å². The molecule has 0 radical (unpaired) electrons. The van der Waals surface area contributed by atoms with Crippen molar-refractivity contribution >= 4 is 22.8 Å². The van der Waals surface area contributed by atoms with Crippen molar-refractivity contribution < 1.29 is 32.2 Å². The van der Waals surface area contributed by atoms with E-state index >= 15 is 0 Å². The Labute approximate surface area is 194 Å². The van der Waals surface area contributed by atoms with Crippen LogP contribution in [-0.4, -0.2) is 48.3 Å². The Bertz CT molecular complexity index is 1220. The average Bonchev–Trinajstić information content (AvgIpc) is 3.15. The lowest BCUT2D eigenvalue weighted by Crippen LogP contribution is -2.28. The van der Waals surface area contributed by atoms with Crippen molar-refractivity contribution in [3.63, 3.8) is 0 Å². The van der Waals surface area contributed by atoms with Crippen LogP contribution in [0.1, 0.15) is 23.6 Å². The number of likely N-dealkylation sites (N-methyl/N-ethyl adjacent to an activating group) is 1. The fraction of sp³-hybridized carbons (Fsp3) is 0.280. The van der Waals surface area contributed by atoms with Gasteiger partial charge < -0.3 is 19.4 Å². The van der Waals surface area contributed by atoms with E-state index in [1.807, 2.05) is 18.2 Å². The number of carbonyl (C=O) groups excluding carboxylic acids is 2. The number of H-pyrrole nitrogens is 1. The maximum Gasteiger partial charge on any atom is 0.573 e. The second-order valence-corrected chi connectivity index (χ2v) is 7.48. The number of nitrogens with zero attached hydrogens (tertiary/aromatic N) is 1. The second kappa shape index (κ2) is 10.8. The van der Waals surface area contributed by atoms with Crippen molar-refractivity contribution in [3.05, 3.63) is 65.4 Å². The van der Waals surface area contributed by atoms with Gasteiger partial charge in [-0.05, 0) is 48.4 Å². The topological polar surface area (TPSA) is 71.6 Å². The molecule has 0 saturated heterocycles. The number of aromatic nitrogens is 1. The number of fused-ring (bicyclic) bond motifs is 1. The normalized spacial score (nSPS) is 11.0. The first-order valence-corrected chi connectivity index (χ1v) is 10.5. The molecule has 178 valence electrons. The predicted molar refractivity (Wildman–Crippen MR) is 120 cm³/mol. The monoisotopic (exact) mass is 472 g/mol. The number of aromatic amines is 1. The molecule has 6 nitrogen and oxygen atoms in total. The summed E-state index contributed by atoms with van der Waals surface area (Å²) in [5, 5.41) is 0.898. The number of carbonyl (C=O) groups is 2. The van der Waals surface area contributed by atoms with E-state index in [2.05, 4.69) is 21.6 Å².